The molecule has 1 aliphatic rings. The number of carbonyl (C=O) groups is 1. The number of alkyl carbamates (subject to hydrolysis) is 1. The second-order valence-corrected chi connectivity index (χ2v) is 2.87. The van der Waals surface area contributed by atoms with Crippen LogP contribution < -0.4 is 10.6 Å². The first kappa shape index (κ1) is 9.32. The Bertz CT molecular complexity index is 144. The SMILES string of the molecule is CCNC(=O)OC1CCCCN1. The first-order valence-electron chi connectivity index (χ1n) is 4.51. The number of hydrogen-bond donors (Lipinski definition) is 2. The average Bonchev–Trinajstić information content (AvgIpc) is 2.06. The van der Waals surface area contributed by atoms with Crippen molar-refractivity contribution < 1.29 is 9.53 Å². The lowest BCUT2D eigenvalue weighted by atomic mass is 10.1. The highest BCUT2D eigenvalue weighted by molar-refractivity contribution is 5.67. The van der Waals surface area contributed by atoms with Crippen LogP contribution in [0.1, 0.15) is 26.2 Å². The number of nitrogens with one attached hydrogen (secondary N) is 2. The monoisotopic (exact) mass is 172 g/mol. The lowest BCUT2D eigenvalue weighted by molar-refractivity contribution is 0.0617. The molecule has 1 fully saturated rings. The fraction of sp³-hybridized carbons (Fsp3) is 0.875. The van der Waals surface area contributed by atoms with Gasteiger partial charge in [-0.05, 0) is 32.7 Å². The Morgan fingerprint density at radius 1 is 1.67 bits per heavy atom. The van der Waals surface area contributed by atoms with Gasteiger partial charge in [-0.3, -0.25) is 5.32 Å². The Hall–Kier alpha value is -0.770. The number of ether oxygens (including phenoxy) is 1. The molecule has 1 rings (SSSR count). The molecule has 2 N–H and O–H groups in total. The minimum Gasteiger partial charge on any atom is -0.430 e. The number of carbonyl (C=O) groups excluding carboxylic acids is 1. The summed E-state index contributed by atoms with van der Waals surface area (Å²) in [5, 5.41) is 5.72. The van der Waals surface area contributed by atoms with Gasteiger partial charge >= 0.3 is 6.09 Å². The molecular weight excluding hydrogens is 156 g/mol. The number of rotatable bonds is 2. The van der Waals surface area contributed by atoms with E-state index < -0.39 is 0 Å². The van der Waals surface area contributed by atoms with Gasteiger partial charge in [-0.1, -0.05) is 0 Å². The zero-order valence-corrected chi connectivity index (χ0v) is 7.43. The second-order valence-electron chi connectivity index (χ2n) is 2.87. The number of amides is 1. The summed E-state index contributed by atoms with van der Waals surface area (Å²) >= 11 is 0. The van der Waals surface area contributed by atoms with Gasteiger partial charge in [0.05, 0.1) is 0 Å². The van der Waals surface area contributed by atoms with E-state index in [0.29, 0.717) is 6.54 Å². The van der Waals surface area contributed by atoms with E-state index in [0.717, 1.165) is 19.4 Å². The van der Waals surface area contributed by atoms with E-state index >= 15 is 0 Å². The van der Waals surface area contributed by atoms with Crippen LogP contribution in [-0.2, 0) is 4.74 Å². The van der Waals surface area contributed by atoms with E-state index in [1.807, 2.05) is 6.92 Å². The normalized spacial score (nSPS) is 23.2. The van der Waals surface area contributed by atoms with E-state index in [1.165, 1.54) is 6.42 Å². The summed E-state index contributed by atoms with van der Waals surface area (Å²) in [5.41, 5.74) is 0. The molecule has 0 saturated carbocycles. The first-order valence-corrected chi connectivity index (χ1v) is 4.51. The van der Waals surface area contributed by atoms with Gasteiger partial charge in [-0.2, -0.15) is 0 Å². The van der Waals surface area contributed by atoms with Crippen molar-refractivity contribution in [3.63, 3.8) is 0 Å². The van der Waals surface area contributed by atoms with Crippen LogP contribution in [0.15, 0.2) is 0 Å². The maximum absolute atomic E-state index is 10.9. The Balaban J connectivity index is 2.15. The summed E-state index contributed by atoms with van der Waals surface area (Å²) in [6.07, 6.45) is 2.84. The molecule has 4 nitrogen and oxygen atoms in total. The summed E-state index contributed by atoms with van der Waals surface area (Å²) in [6, 6.07) is 0. The van der Waals surface area contributed by atoms with Crippen molar-refractivity contribution >= 4 is 6.09 Å². The van der Waals surface area contributed by atoms with Gasteiger partial charge in [0.15, 0.2) is 6.23 Å². The molecule has 0 spiro atoms. The molecule has 0 aromatic rings. The minimum atomic E-state index is -0.322. The molecule has 0 aliphatic carbocycles. The molecule has 0 radical (unpaired) electrons. The average molecular weight is 172 g/mol. The fourth-order valence-corrected chi connectivity index (χ4v) is 1.24. The molecule has 1 atom stereocenters. The van der Waals surface area contributed by atoms with Crippen molar-refractivity contribution in [3.05, 3.63) is 0 Å². The third-order valence-electron chi connectivity index (χ3n) is 1.84. The summed E-state index contributed by atoms with van der Waals surface area (Å²) < 4.78 is 5.07. The molecule has 12 heavy (non-hydrogen) atoms. The van der Waals surface area contributed by atoms with E-state index in [9.17, 15) is 4.79 Å². The van der Waals surface area contributed by atoms with Crippen LogP contribution in [0.5, 0.6) is 0 Å². The van der Waals surface area contributed by atoms with Crippen molar-refractivity contribution in [2.45, 2.75) is 32.4 Å². The van der Waals surface area contributed by atoms with Crippen LogP contribution in [0.25, 0.3) is 0 Å². The molecule has 0 aromatic heterocycles. The molecule has 1 aliphatic heterocycles. The Morgan fingerprint density at radius 2 is 2.50 bits per heavy atom. The Kier molecular flexibility index (Phi) is 3.87. The topological polar surface area (TPSA) is 50.4 Å². The summed E-state index contributed by atoms with van der Waals surface area (Å²) in [7, 11) is 0. The maximum atomic E-state index is 10.9. The van der Waals surface area contributed by atoms with E-state index in [2.05, 4.69) is 10.6 Å². The van der Waals surface area contributed by atoms with Crippen LogP contribution in [0, 0.1) is 0 Å². The van der Waals surface area contributed by atoms with Gasteiger partial charge in [-0.15, -0.1) is 0 Å². The van der Waals surface area contributed by atoms with Crippen molar-refractivity contribution in [1.82, 2.24) is 10.6 Å². The molecule has 1 unspecified atom stereocenters. The standard InChI is InChI=1S/C8H16N2O2/c1-2-9-8(11)12-7-5-3-4-6-10-7/h7,10H,2-6H2,1H3,(H,9,11). The van der Waals surface area contributed by atoms with Crippen LogP contribution in [-0.4, -0.2) is 25.4 Å². The molecule has 1 amide bonds. The number of piperidine rings is 1. The quantitative estimate of drug-likeness (QED) is 0.648. The van der Waals surface area contributed by atoms with Crippen molar-refractivity contribution in [1.29, 1.82) is 0 Å². The van der Waals surface area contributed by atoms with Gasteiger partial charge in [-0.25, -0.2) is 4.79 Å². The zero-order chi connectivity index (χ0) is 8.81. The van der Waals surface area contributed by atoms with Gasteiger partial charge in [0.1, 0.15) is 0 Å². The first-order chi connectivity index (χ1) is 5.83. The second kappa shape index (κ2) is 4.98. The molecule has 1 heterocycles. The maximum Gasteiger partial charge on any atom is 0.408 e. The zero-order valence-electron chi connectivity index (χ0n) is 7.43. The lowest BCUT2D eigenvalue weighted by Crippen LogP contribution is -2.40. The smallest absolute Gasteiger partial charge is 0.408 e. The molecular formula is C8H16N2O2. The van der Waals surface area contributed by atoms with E-state index in [1.54, 1.807) is 0 Å². The summed E-state index contributed by atoms with van der Waals surface area (Å²) in [5.74, 6) is 0. The summed E-state index contributed by atoms with van der Waals surface area (Å²) in [6.45, 7) is 3.44. The third-order valence-corrected chi connectivity index (χ3v) is 1.84. The van der Waals surface area contributed by atoms with E-state index in [4.69, 9.17) is 4.74 Å². The van der Waals surface area contributed by atoms with Gasteiger partial charge in [0.2, 0.25) is 0 Å². The van der Waals surface area contributed by atoms with Crippen LogP contribution in [0.2, 0.25) is 0 Å². The van der Waals surface area contributed by atoms with Gasteiger partial charge in [0.25, 0.3) is 0 Å². The number of hydrogen-bond acceptors (Lipinski definition) is 3. The predicted octanol–water partition coefficient (Wildman–Crippen LogP) is 0.832. The van der Waals surface area contributed by atoms with Gasteiger partial charge < -0.3 is 10.1 Å². The molecule has 0 aromatic carbocycles. The predicted molar refractivity (Wildman–Crippen MR) is 45.8 cm³/mol. The lowest BCUT2D eigenvalue weighted by Gasteiger charge is -2.23. The Labute approximate surface area is 72.7 Å². The van der Waals surface area contributed by atoms with Crippen LogP contribution in [0.4, 0.5) is 4.79 Å². The van der Waals surface area contributed by atoms with Crippen molar-refractivity contribution in [3.8, 4) is 0 Å². The molecule has 4 heteroatoms. The molecule has 1 saturated heterocycles. The van der Waals surface area contributed by atoms with Gasteiger partial charge in [0, 0.05) is 6.54 Å². The highest BCUT2D eigenvalue weighted by Gasteiger charge is 2.15. The van der Waals surface area contributed by atoms with E-state index in [-0.39, 0.29) is 12.3 Å². The van der Waals surface area contributed by atoms with Crippen LogP contribution >= 0.6 is 0 Å². The Morgan fingerprint density at radius 3 is 3.08 bits per heavy atom. The molecule has 0 bridgehead atoms. The minimum absolute atomic E-state index is 0.0784. The highest BCUT2D eigenvalue weighted by atomic mass is 16.6. The fourth-order valence-electron chi connectivity index (χ4n) is 1.24. The molecule has 70 valence electrons. The summed E-state index contributed by atoms with van der Waals surface area (Å²) in [4.78, 5) is 10.9. The highest BCUT2D eigenvalue weighted by Crippen LogP contribution is 2.07. The van der Waals surface area contributed by atoms with Crippen molar-refractivity contribution in [2.75, 3.05) is 13.1 Å². The third kappa shape index (κ3) is 3.09. The largest absolute Gasteiger partial charge is 0.430 e. The van der Waals surface area contributed by atoms with Crippen molar-refractivity contribution in [2.24, 2.45) is 0 Å². The van der Waals surface area contributed by atoms with Crippen LogP contribution in [0.3, 0.4) is 0 Å².